The molecular formula is C14H8Br2N4. The Labute approximate surface area is 132 Å². The molecule has 0 spiro atoms. The fraction of sp³-hybridized carbons (Fsp3) is 0. The molecule has 98 valence electrons. The minimum absolute atomic E-state index is 0.512. The Balaban J connectivity index is 1.91. The molecule has 0 saturated heterocycles. The summed E-state index contributed by atoms with van der Waals surface area (Å²) in [5, 5.41) is 16.5. The number of benzene rings is 2. The molecule has 0 fully saturated rings. The van der Waals surface area contributed by atoms with E-state index in [1.807, 2.05) is 48.5 Å². The van der Waals surface area contributed by atoms with Crippen LogP contribution < -0.4 is 0 Å². The van der Waals surface area contributed by atoms with E-state index in [1.165, 1.54) is 0 Å². The summed E-state index contributed by atoms with van der Waals surface area (Å²) >= 11 is 6.78. The fourth-order valence-electron chi connectivity index (χ4n) is 1.66. The van der Waals surface area contributed by atoms with Crippen LogP contribution in [0.4, 0.5) is 0 Å². The summed E-state index contributed by atoms with van der Waals surface area (Å²) in [5.74, 6) is 1.02. The Morgan fingerprint density at radius 3 is 1.10 bits per heavy atom. The molecule has 1 heterocycles. The topological polar surface area (TPSA) is 51.6 Å². The Kier molecular flexibility index (Phi) is 3.84. The Morgan fingerprint density at radius 1 is 0.500 bits per heavy atom. The van der Waals surface area contributed by atoms with Crippen molar-refractivity contribution in [2.75, 3.05) is 0 Å². The van der Waals surface area contributed by atoms with Gasteiger partial charge in [-0.2, -0.15) is 0 Å². The van der Waals surface area contributed by atoms with Crippen LogP contribution in [-0.2, 0) is 0 Å². The molecule has 0 radical (unpaired) electrons. The van der Waals surface area contributed by atoms with E-state index < -0.39 is 0 Å². The second kappa shape index (κ2) is 5.76. The maximum absolute atomic E-state index is 4.13. The van der Waals surface area contributed by atoms with Crippen molar-refractivity contribution >= 4 is 31.9 Å². The molecule has 0 amide bonds. The van der Waals surface area contributed by atoms with E-state index in [1.54, 1.807) is 0 Å². The summed E-state index contributed by atoms with van der Waals surface area (Å²) in [6, 6.07) is 15.4. The van der Waals surface area contributed by atoms with Crippen LogP contribution in [0.15, 0.2) is 57.5 Å². The summed E-state index contributed by atoms with van der Waals surface area (Å²) in [5.41, 5.74) is 1.77. The first-order valence-corrected chi connectivity index (χ1v) is 7.40. The Bertz CT molecular complexity index is 645. The monoisotopic (exact) mass is 390 g/mol. The van der Waals surface area contributed by atoms with Crippen LogP contribution >= 0.6 is 31.9 Å². The Morgan fingerprint density at radius 2 is 0.800 bits per heavy atom. The minimum Gasteiger partial charge on any atom is -0.126 e. The van der Waals surface area contributed by atoms with Crippen molar-refractivity contribution in [2.45, 2.75) is 0 Å². The van der Waals surface area contributed by atoms with E-state index in [0.29, 0.717) is 11.6 Å². The van der Waals surface area contributed by atoms with Gasteiger partial charge in [0, 0.05) is 20.1 Å². The van der Waals surface area contributed by atoms with Gasteiger partial charge in [0.1, 0.15) is 0 Å². The van der Waals surface area contributed by atoms with Crippen LogP contribution in [0.25, 0.3) is 22.8 Å². The van der Waals surface area contributed by atoms with Crippen molar-refractivity contribution < 1.29 is 0 Å². The first-order valence-electron chi connectivity index (χ1n) is 5.82. The van der Waals surface area contributed by atoms with Gasteiger partial charge in [0.05, 0.1) is 0 Å². The molecule has 0 saturated carbocycles. The van der Waals surface area contributed by atoms with Crippen LogP contribution in [0.2, 0.25) is 0 Å². The number of halogens is 2. The molecule has 3 rings (SSSR count). The van der Waals surface area contributed by atoms with Crippen molar-refractivity contribution in [3.8, 4) is 22.8 Å². The van der Waals surface area contributed by atoms with E-state index in [0.717, 1.165) is 20.1 Å². The van der Waals surface area contributed by atoms with Crippen LogP contribution in [0, 0.1) is 0 Å². The third kappa shape index (κ3) is 2.91. The third-order valence-electron chi connectivity index (χ3n) is 2.68. The van der Waals surface area contributed by atoms with Crippen molar-refractivity contribution in [2.24, 2.45) is 0 Å². The highest BCUT2D eigenvalue weighted by Gasteiger charge is 2.06. The summed E-state index contributed by atoms with van der Waals surface area (Å²) in [6.45, 7) is 0. The lowest BCUT2D eigenvalue weighted by Gasteiger charge is -2.01. The van der Waals surface area contributed by atoms with Crippen LogP contribution in [0.5, 0.6) is 0 Å². The zero-order valence-corrected chi connectivity index (χ0v) is 13.3. The van der Waals surface area contributed by atoms with Crippen molar-refractivity contribution in [1.29, 1.82) is 0 Å². The van der Waals surface area contributed by atoms with Gasteiger partial charge in [-0.25, -0.2) is 0 Å². The quantitative estimate of drug-likeness (QED) is 0.659. The average Bonchev–Trinajstić information content (AvgIpc) is 2.49. The minimum atomic E-state index is 0.512. The molecular weight excluding hydrogens is 384 g/mol. The normalized spacial score (nSPS) is 10.5. The van der Waals surface area contributed by atoms with E-state index in [-0.39, 0.29) is 0 Å². The molecule has 0 atom stereocenters. The van der Waals surface area contributed by atoms with Gasteiger partial charge in [-0.1, -0.05) is 31.9 Å². The number of hydrogen-bond acceptors (Lipinski definition) is 4. The summed E-state index contributed by atoms with van der Waals surface area (Å²) < 4.78 is 2.02. The van der Waals surface area contributed by atoms with Crippen LogP contribution in [-0.4, -0.2) is 20.4 Å². The van der Waals surface area contributed by atoms with Gasteiger partial charge in [-0.15, -0.1) is 20.4 Å². The van der Waals surface area contributed by atoms with E-state index >= 15 is 0 Å². The molecule has 0 unspecified atom stereocenters. The highest BCUT2D eigenvalue weighted by Crippen LogP contribution is 2.20. The highest BCUT2D eigenvalue weighted by atomic mass is 79.9. The fourth-order valence-corrected chi connectivity index (χ4v) is 2.19. The summed E-state index contributed by atoms with van der Waals surface area (Å²) in [4.78, 5) is 0. The summed E-state index contributed by atoms with van der Waals surface area (Å²) in [7, 11) is 0. The number of rotatable bonds is 2. The standard InChI is InChI=1S/C14H8Br2N4/c15-11-5-1-9(2-6-11)13-17-19-14(20-18-13)10-3-7-12(16)8-4-10/h1-8H. The molecule has 6 heteroatoms. The predicted octanol–water partition coefficient (Wildman–Crippen LogP) is 4.13. The van der Waals surface area contributed by atoms with E-state index in [4.69, 9.17) is 0 Å². The first kappa shape index (κ1) is 13.3. The number of hydrogen-bond donors (Lipinski definition) is 0. The van der Waals surface area contributed by atoms with E-state index in [9.17, 15) is 0 Å². The van der Waals surface area contributed by atoms with Gasteiger partial charge >= 0.3 is 0 Å². The second-order valence-corrected chi connectivity index (χ2v) is 5.89. The lowest BCUT2D eigenvalue weighted by Crippen LogP contribution is -1.99. The van der Waals surface area contributed by atoms with Gasteiger partial charge in [-0.05, 0) is 48.5 Å². The highest BCUT2D eigenvalue weighted by molar-refractivity contribution is 9.10. The second-order valence-electron chi connectivity index (χ2n) is 4.06. The molecule has 2 aromatic carbocycles. The van der Waals surface area contributed by atoms with Gasteiger partial charge in [0.15, 0.2) is 0 Å². The number of aromatic nitrogens is 4. The SMILES string of the molecule is Brc1ccc(-c2nnc(-c3ccc(Br)cc3)nn2)cc1. The summed E-state index contributed by atoms with van der Waals surface area (Å²) in [6.07, 6.45) is 0. The van der Waals surface area contributed by atoms with E-state index in [2.05, 4.69) is 52.3 Å². The largest absolute Gasteiger partial charge is 0.203 e. The molecule has 0 aliphatic rings. The van der Waals surface area contributed by atoms with Gasteiger partial charge in [-0.3, -0.25) is 0 Å². The molecule has 4 nitrogen and oxygen atoms in total. The van der Waals surface area contributed by atoms with Crippen molar-refractivity contribution in [3.63, 3.8) is 0 Å². The first-order chi connectivity index (χ1) is 9.72. The lowest BCUT2D eigenvalue weighted by atomic mass is 10.2. The van der Waals surface area contributed by atoms with Gasteiger partial charge < -0.3 is 0 Å². The molecule has 1 aromatic heterocycles. The maximum Gasteiger partial charge on any atom is 0.203 e. The molecule has 0 aliphatic heterocycles. The Hall–Kier alpha value is -1.66. The zero-order chi connectivity index (χ0) is 13.9. The predicted molar refractivity (Wildman–Crippen MR) is 83.9 cm³/mol. The zero-order valence-electron chi connectivity index (χ0n) is 10.2. The van der Waals surface area contributed by atoms with Crippen LogP contribution in [0.1, 0.15) is 0 Å². The molecule has 20 heavy (non-hydrogen) atoms. The van der Waals surface area contributed by atoms with Crippen molar-refractivity contribution in [3.05, 3.63) is 57.5 Å². The van der Waals surface area contributed by atoms with Gasteiger partial charge in [0.25, 0.3) is 0 Å². The van der Waals surface area contributed by atoms with Crippen LogP contribution in [0.3, 0.4) is 0 Å². The van der Waals surface area contributed by atoms with Gasteiger partial charge in [0.2, 0.25) is 11.6 Å². The molecule has 0 aliphatic carbocycles. The van der Waals surface area contributed by atoms with Crippen molar-refractivity contribution in [1.82, 2.24) is 20.4 Å². The maximum atomic E-state index is 4.13. The third-order valence-corrected chi connectivity index (χ3v) is 3.74. The molecule has 0 bridgehead atoms. The average molecular weight is 392 g/mol. The number of nitrogens with zero attached hydrogens (tertiary/aromatic N) is 4. The lowest BCUT2D eigenvalue weighted by molar-refractivity contribution is 0.876. The smallest absolute Gasteiger partial charge is 0.126 e. The molecule has 3 aromatic rings. The molecule has 0 N–H and O–H groups in total.